The molecule has 0 aliphatic heterocycles. The number of halogens is 1. The van der Waals surface area contributed by atoms with Crippen LogP contribution in [0, 0.1) is 17.1 Å². The number of hydrogen-bond acceptors (Lipinski definition) is 1. The predicted octanol–water partition coefficient (Wildman–Crippen LogP) is 4.24. The summed E-state index contributed by atoms with van der Waals surface area (Å²) >= 11 is 0. The lowest BCUT2D eigenvalue weighted by atomic mass is 9.93. The minimum absolute atomic E-state index is 0.229. The lowest BCUT2D eigenvalue weighted by Crippen LogP contribution is -2.00. The second-order valence-corrected chi connectivity index (χ2v) is 4.61. The van der Waals surface area contributed by atoms with Crippen LogP contribution in [0.2, 0.25) is 0 Å². The number of benzene rings is 2. The van der Waals surface area contributed by atoms with E-state index in [0.29, 0.717) is 6.42 Å². The number of rotatable bonds is 4. The normalized spacial score (nSPS) is 11.8. The maximum atomic E-state index is 12.9. The molecule has 0 aliphatic carbocycles. The Morgan fingerprint density at radius 1 is 1.00 bits per heavy atom. The molecule has 0 spiro atoms. The first-order chi connectivity index (χ1) is 9.22. The van der Waals surface area contributed by atoms with E-state index in [1.54, 1.807) is 12.1 Å². The van der Waals surface area contributed by atoms with Gasteiger partial charge in [-0.2, -0.15) is 5.26 Å². The highest BCUT2D eigenvalue weighted by Crippen LogP contribution is 2.21. The van der Waals surface area contributed by atoms with Crippen LogP contribution in [0.3, 0.4) is 0 Å². The van der Waals surface area contributed by atoms with Gasteiger partial charge in [0.1, 0.15) is 5.82 Å². The van der Waals surface area contributed by atoms with Crippen molar-refractivity contribution >= 4 is 0 Å². The van der Waals surface area contributed by atoms with Gasteiger partial charge in [0.25, 0.3) is 0 Å². The van der Waals surface area contributed by atoms with E-state index in [2.05, 4.69) is 37.3 Å². The van der Waals surface area contributed by atoms with Crippen molar-refractivity contribution < 1.29 is 4.39 Å². The third kappa shape index (κ3) is 3.42. The van der Waals surface area contributed by atoms with E-state index < -0.39 is 0 Å². The van der Waals surface area contributed by atoms with Crippen molar-refractivity contribution in [2.24, 2.45) is 0 Å². The van der Waals surface area contributed by atoms with E-state index in [-0.39, 0.29) is 11.7 Å². The molecule has 0 amide bonds. The largest absolute Gasteiger partial charge is 0.207 e. The van der Waals surface area contributed by atoms with E-state index in [1.807, 2.05) is 0 Å². The third-order valence-electron chi connectivity index (χ3n) is 3.30. The average molecular weight is 253 g/mol. The van der Waals surface area contributed by atoms with Gasteiger partial charge in [-0.25, -0.2) is 4.39 Å². The maximum absolute atomic E-state index is 12.9. The summed E-state index contributed by atoms with van der Waals surface area (Å²) in [6.45, 7) is 2.12. The van der Waals surface area contributed by atoms with Gasteiger partial charge in [0.05, 0.1) is 12.0 Å². The minimum Gasteiger partial charge on any atom is -0.207 e. The zero-order valence-electron chi connectivity index (χ0n) is 10.9. The molecule has 0 radical (unpaired) electrons. The van der Waals surface area contributed by atoms with Gasteiger partial charge < -0.3 is 0 Å². The van der Waals surface area contributed by atoms with Crippen molar-refractivity contribution in [1.29, 1.82) is 5.26 Å². The van der Waals surface area contributed by atoms with Crippen molar-refractivity contribution in [3.63, 3.8) is 0 Å². The Hall–Kier alpha value is -2.14. The topological polar surface area (TPSA) is 23.8 Å². The zero-order valence-corrected chi connectivity index (χ0v) is 10.9. The van der Waals surface area contributed by atoms with Crippen molar-refractivity contribution in [3.05, 3.63) is 71.0 Å². The van der Waals surface area contributed by atoms with Gasteiger partial charge in [-0.15, -0.1) is 0 Å². The second-order valence-electron chi connectivity index (χ2n) is 4.61. The SMILES string of the molecule is CCc1ccc(CC(C#N)c2ccc(F)cc2)cc1. The maximum Gasteiger partial charge on any atom is 0.123 e. The molecule has 0 bridgehead atoms. The second kappa shape index (κ2) is 6.15. The van der Waals surface area contributed by atoms with Crippen LogP contribution in [0.4, 0.5) is 4.39 Å². The van der Waals surface area contributed by atoms with E-state index in [4.69, 9.17) is 0 Å². The fourth-order valence-electron chi connectivity index (χ4n) is 2.08. The molecule has 2 aromatic carbocycles. The van der Waals surface area contributed by atoms with Crippen LogP contribution in [-0.4, -0.2) is 0 Å². The highest BCUT2D eigenvalue weighted by molar-refractivity contribution is 5.30. The van der Waals surface area contributed by atoms with Gasteiger partial charge in [0.15, 0.2) is 0 Å². The molecule has 0 aliphatic rings. The summed E-state index contributed by atoms with van der Waals surface area (Å²) in [7, 11) is 0. The molecule has 0 saturated heterocycles. The Kier molecular flexibility index (Phi) is 4.30. The molecule has 1 unspecified atom stereocenters. The van der Waals surface area contributed by atoms with Crippen LogP contribution in [-0.2, 0) is 12.8 Å². The van der Waals surface area contributed by atoms with Gasteiger partial charge in [0, 0.05) is 0 Å². The van der Waals surface area contributed by atoms with Crippen molar-refractivity contribution in [1.82, 2.24) is 0 Å². The Labute approximate surface area is 113 Å². The molecule has 2 rings (SSSR count). The molecule has 0 aromatic heterocycles. The fourth-order valence-corrected chi connectivity index (χ4v) is 2.08. The minimum atomic E-state index is -0.271. The molecule has 0 heterocycles. The van der Waals surface area contributed by atoms with Gasteiger partial charge in [-0.05, 0) is 41.7 Å². The van der Waals surface area contributed by atoms with Crippen molar-refractivity contribution in [3.8, 4) is 6.07 Å². The standard InChI is InChI=1S/C17H16FN/c1-2-13-3-5-14(6-4-13)11-16(12-19)15-7-9-17(18)10-8-15/h3-10,16H,2,11H2,1H3. The number of aryl methyl sites for hydroxylation is 1. The lowest BCUT2D eigenvalue weighted by molar-refractivity contribution is 0.626. The molecule has 19 heavy (non-hydrogen) atoms. The van der Waals surface area contributed by atoms with E-state index >= 15 is 0 Å². The van der Waals surface area contributed by atoms with E-state index in [0.717, 1.165) is 17.5 Å². The van der Waals surface area contributed by atoms with Gasteiger partial charge in [-0.1, -0.05) is 43.3 Å². The Morgan fingerprint density at radius 2 is 1.58 bits per heavy atom. The summed E-state index contributed by atoms with van der Waals surface area (Å²) in [6.07, 6.45) is 1.67. The molecule has 1 atom stereocenters. The predicted molar refractivity (Wildman–Crippen MR) is 74.3 cm³/mol. The summed E-state index contributed by atoms with van der Waals surface area (Å²) in [5.74, 6) is -0.499. The summed E-state index contributed by atoms with van der Waals surface area (Å²) in [5, 5.41) is 9.27. The zero-order chi connectivity index (χ0) is 13.7. The quantitative estimate of drug-likeness (QED) is 0.799. The first kappa shape index (κ1) is 13.3. The lowest BCUT2D eigenvalue weighted by Gasteiger charge is -2.10. The molecule has 0 fully saturated rings. The van der Waals surface area contributed by atoms with Crippen LogP contribution in [0.1, 0.15) is 29.5 Å². The molecule has 0 saturated carbocycles. The highest BCUT2D eigenvalue weighted by atomic mass is 19.1. The first-order valence-electron chi connectivity index (χ1n) is 6.46. The summed E-state index contributed by atoms with van der Waals surface area (Å²) in [5.41, 5.74) is 3.29. The number of nitriles is 1. The Morgan fingerprint density at radius 3 is 2.11 bits per heavy atom. The fraction of sp³-hybridized carbons (Fsp3) is 0.235. The highest BCUT2D eigenvalue weighted by Gasteiger charge is 2.11. The van der Waals surface area contributed by atoms with Gasteiger partial charge in [-0.3, -0.25) is 0 Å². The third-order valence-corrected chi connectivity index (χ3v) is 3.30. The van der Waals surface area contributed by atoms with E-state index in [1.165, 1.54) is 17.7 Å². The molecule has 96 valence electrons. The van der Waals surface area contributed by atoms with Crippen LogP contribution >= 0.6 is 0 Å². The van der Waals surface area contributed by atoms with E-state index in [9.17, 15) is 9.65 Å². The van der Waals surface area contributed by atoms with Gasteiger partial charge in [0.2, 0.25) is 0 Å². The molecule has 0 N–H and O–H groups in total. The molecule has 2 aromatic rings. The van der Waals surface area contributed by atoms with Gasteiger partial charge >= 0.3 is 0 Å². The van der Waals surface area contributed by atoms with Crippen LogP contribution in [0.15, 0.2) is 48.5 Å². The molecular formula is C17H16FN. The van der Waals surface area contributed by atoms with Crippen molar-refractivity contribution in [2.45, 2.75) is 25.7 Å². The first-order valence-corrected chi connectivity index (χ1v) is 6.46. The monoisotopic (exact) mass is 253 g/mol. The van der Waals surface area contributed by atoms with Crippen molar-refractivity contribution in [2.75, 3.05) is 0 Å². The Balaban J connectivity index is 2.14. The summed E-state index contributed by atoms with van der Waals surface area (Å²) in [6, 6.07) is 16.8. The molecule has 1 nitrogen and oxygen atoms in total. The number of hydrogen-bond donors (Lipinski definition) is 0. The average Bonchev–Trinajstić information content (AvgIpc) is 2.46. The smallest absolute Gasteiger partial charge is 0.123 e. The van der Waals surface area contributed by atoms with Crippen LogP contribution in [0.5, 0.6) is 0 Å². The van der Waals surface area contributed by atoms with Crippen LogP contribution in [0.25, 0.3) is 0 Å². The summed E-state index contributed by atoms with van der Waals surface area (Å²) in [4.78, 5) is 0. The molecule has 2 heteroatoms. The summed E-state index contributed by atoms with van der Waals surface area (Å²) < 4.78 is 12.9. The number of nitrogens with zero attached hydrogens (tertiary/aromatic N) is 1. The van der Waals surface area contributed by atoms with Crippen LogP contribution < -0.4 is 0 Å². The Bertz CT molecular complexity index is 564. The molecular weight excluding hydrogens is 237 g/mol.